The molecule has 0 saturated carbocycles. The fraction of sp³-hybridized carbons (Fsp3) is 0.467. The molecule has 0 spiro atoms. The molecule has 0 aromatic heterocycles. The molecule has 1 unspecified atom stereocenters. The Morgan fingerprint density at radius 2 is 2.05 bits per heavy atom. The van der Waals surface area contributed by atoms with Crippen molar-refractivity contribution in [3.8, 4) is 0 Å². The minimum atomic E-state index is -0.205. The normalized spacial score (nSPS) is 11.8. The van der Waals surface area contributed by atoms with Crippen molar-refractivity contribution in [1.82, 2.24) is 10.6 Å². The van der Waals surface area contributed by atoms with E-state index in [9.17, 15) is 9.59 Å². The van der Waals surface area contributed by atoms with Crippen LogP contribution in [0.4, 0.5) is 5.69 Å². The Balaban J connectivity index is 2.74. The lowest BCUT2D eigenvalue weighted by Gasteiger charge is -2.13. The van der Waals surface area contributed by atoms with Gasteiger partial charge < -0.3 is 16.0 Å². The van der Waals surface area contributed by atoms with Crippen molar-refractivity contribution < 1.29 is 9.59 Å². The molecule has 0 heterocycles. The first kappa shape index (κ1) is 17.5. The summed E-state index contributed by atoms with van der Waals surface area (Å²) in [6, 6.07) is 4.88. The Bertz CT molecular complexity index is 506. The molecule has 6 heteroatoms. The molecule has 0 radical (unpaired) electrons. The van der Waals surface area contributed by atoms with Crippen molar-refractivity contribution >= 4 is 29.1 Å². The van der Waals surface area contributed by atoms with Crippen LogP contribution in [0.1, 0.15) is 30.6 Å². The Kier molecular flexibility index (Phi) is 7.19. The molecule has 1 aromatic rings. The molecule has 0 saturated heterocycles. The predicted octanol–water partition coefficient (Wildman–Crippen LogP) is 2.27. The number of amides is 2. The summed E-state index contributed by atoms with van der Waals surface area (Å²) in [7, 11) is 1.80. The first-order valence-electron chi connectivity index (χ1n) is 7.02. The number of nitrogens with one attached hydrogen (secondary N) is 3. The molecular formula is C15H22ClN3O2. The summed E-state index contributed by atoms with van der Waals surface area (Å²) in [4.78, 5) is 23.8. The fourth-order valence-electron chi connectivity index (χ4n) is 1.78. The molecule has 2 amide bonds. The highest BCUT2D eigenvalue weighted by Gasteiger charge is 2.14. The Morgan fingerprint density at radius 1 is 1.33 bits per heavy atom. The van der Waals surface area contributed by atoms with Gasteiger partial charge in [-0.2, -0.15) is 0 Å². The molecule has 0 fully saturated rings. The van der Waals surface area contributed by atoms with Gasteiger partial charge in [0, 0.05) is 24.7 Å². The van der Waals surface area contributed by atoms with E-state index in [2.05, 4.69) is 16.0 Å². The number of hydrogen-bond acceptors (Lipinski definition) is 3. The molecule has 21 heavy (non-hydrogen) atoms. The zero-order chi connectivity index (χ0) is 15.8. The van der Waals surface area contributed by atoms with Gasteiger partial charge in [-0.05, 0) is 31.7 Å². The van der Waals surface area contributed by atoms with E-state index in [4.69, 9.17) is 11.6 Å². The van der Waals surface area contributed by atoms with Crippen molar-refractivity contribution in [2.24, 2.45) is 5.92 Å². The summed E-state index contributed by atoms with van der Waals surface area (Å²) in [6.45, 7) is 5.01. The lowest BCUT2D eigenvalue weighted by Crippen LogP contribution is -2.28. The third-order valence-corrected chi connectivity index (χ3v) is 3.29. The van der Waals surface area contributed by atoms with Crippen LogP contribution in [0.25, 0.3) is 0 Å². The van der Waals surface area contributed by atoms with E-state index in [1.165, 1.54) is 0 Å². The highest BCUT2D eigenvalue weighted by molar-refractivity contribution is 6.34. The van der Waals surface area contributed by atoms with Gasteiger partial charge in [0.15, 0.2) is 0 Å². The largest absolute Gasteiger partial charge is 0.352 e. The first-order valence-corrected chi connectivity index (χ1v) is 7.40. The van der Waals surface area contributed by atoms with Crippen LogP contribution in [0.2, 0.25) is 5.02 Å². The van der Waals surface area contributed by atoms with Gasteiger partial charge in [-0.25, -0.2) is 0 Å². The van der Waals surface area contributed by atoms with Crippen molar-refractivity contribution in [1.29, 1.82) is 0 Å². The summed E-state index contributed by atoms with van der Waals surface area (Å²) in [5.41, 5.74) is 0.992. The minimum absolute atomic E-state index is 0.0939. The van der Waals surface area contributed by atoms with Crippen molar-refractivity contribution in [3.05, 3.63) is 28.8 Å². The van der Waals surface area contributed by atoms with Gasteiger partial charge in [0.1, 0.15) is 0 Å². The maximum absolute atomic E-state index is 11.9. The van der Waals surface area contributed by atoms with Crippen LogP contribution in [0.3, 0.4) is 0 Å². The van der Waals surface area contributed by atoms with E-state index in [-0.39, 0.29) is 17.7 Å². The number of hydrogen-bond donors (Lipinski definition) is 3. The average Bonchev–Trinajstić information content (AvgIpc) is 2.45. The SMILES string of the molecule is CCCNC(=O)c1ccc(NC(=O)C(C)CNC)cc1Cl. The molecule has 0 bridgehead atoms. The molecule has 1 atom stereocenters. The topological polar surface area (TPSA) is 70.2 Å². The van der Waals surface area contributed by atoms with Gasteiger partial charge >= 0.3 is 0 Å². The van der Waals surface area contributed by atoms with E-state index in [1.807, 2.05) is 13.8 Å². The van der Waals surface area contributed by atoms with Crippen molar-refractivity contribution in [3.63, 3.8) is 0 Å². The Hall–Kier alpha value is -1.59. The molecule has 116 valence electrons. The third-order valence-electron chi connectivity index (χ3n) is 2.97. The summed E-state index contributed by atoms with van der Waals surface area (Å²) >= 11 is 6.10. The number of rotatable bonds is 7. The third kappa shape index (κ3) is 5.36. The summed E-state index contributed by atoms with van der Waals surface area (Å²) < 4.78 is 0. The number of anilines is 1. The van der Waals surface area contributed by atoms with E-state index in [0.717, 1.165) is 6.42 Å². The average molecular weight is 312 g/mol. The van der Waals surface area contributed by atoms with Crippen LogP contribution in [0.15, 0.2) is 18.2 Å². The van der Waals surface area contributed by atoms with Crippen molar-refractivity contribution in [2.45, 2.75) is 20.3 Å². The molecule has 1 rings (SSSR count). The van der Waals surface area contributed by atoms with Crippen LogP contribution in [0, 0.1) is 5.92 Å². The lowest BCUT2D eigenvalue weighted by atomic mass is 10.1. The zero-order valence-corrected chi connectivity index (χ0v) is 13.4. The van der Waals surface area contributed by atoms with Crippen LogP contribution in [0.5, 0.6) is 0 Å². The Labute approximate surface area is 130 Å². The van der Waals surface area contributed by atoms with E-state index in [1.54, 1.807) is 25.2 Å². The molecular weight excluding hydrogens is 290 g/mol. The second-order valence-corrected chi connectivity index (χ2v) is 5.31. The predicted molar refractivity (Wildman–Crippen MR) is 85.8 cm³/mol. The van der Waals surface area contributed by atoms with Crippen LogP contribution < -0.4 is 16.0 Å². The highest BCUT2D eigenvalue weighted by Crippen LogP contribution is 2.21. The van der Waals surface area contributed by atoms with Crippen LogP contribution >= 0.6 is 11.6 Å². The second kappa shape index (κ2) is 8.64. The number of carbonyl (C=O) groups is 2. The molecule has 5 nitrogen and oxygen atoms in total. The maximum Gasteiger partial charge on any atom is 0.252 e. The van der Waals surface area contributed by atoms with Crippen LogP contribution in [-0.4, -0.2) is 32.0 Å². The lowest BCUT2D eigenvalue weighted by molar-refractivity contribution is -0.119. The second-order valence-electron chi connectivity index (χ2n) is 4.90. The molecule has 0 aliphatic heterocycles. The monoisotopic (exact) mass is 311 g/mol. The maximum atomic E-state index is 11.9. The van der Waals surface area contributed by atoms with Gasteiger partial charge in [-0.15, -0.1) is 0 Å². The van der Waals surface area contributed by atoms with E-state index >= 15 is 0 Å². The first-order chi connectivity index (χ1) is 9.99. The fourth-order valence-corrected chi connectivity index (χ4v) is 2.04. The van der Waals surface area contributed by atoms with Crippen LogP contribution in [-0.2, 0) is 4.79 Å². The molecule has 0 aliphatic rings. The summed E-state index contributed by atoms with van der Waals surface area (Å²) in [6.07, 6.45) is 0.862. The van der Waals surface area contributed by atoms with Gasteiger partial charge in [0.2, 0.25) is 5.91 Å². The minimum Gasteiger partial charge on any atom is -0.352 e. The Morgan fingerprint density at radius 3 is 2.62 bits per heavy atom. The van der Waals surface area contributed by atoms with E-state index in [0.29, 0.717) is 29.4 Å². The smallest absolute Gasteiger partial charge is 0.252 e. The van der Waals surface area contributed by atoms with Gasteiger partial charge in [-0.3, -0.25) is 9.59 Å². The quantitative estimate of drug-likeness (QED) is 0.723. The standard InChI is InChI=1S/C15H22ClN3O2/c1-4-7-18-15(21)12-6-5-11(8-13(12)16)19-14(20)10(2)9-17-3/h5-6,8,10,17H,4,7,9H2,1-3H3,(H,18,21)(H,19,20). The zero-order valence-electron chi connectivity index (χ0n) is 12.6. The highest BCUT2D eigenvalue weighted by atomic mass is 35.5. The molecule has 3 N–H and O–H groups in total. The summed E-state index contributed by atoms with van der Waals surface area (Å²) in [5, 5.41) is 8.82. The molecule has 1 aromatic carbocycles. The number of halogens is 1. The van der Waals surface area contributed by atoms with Gasteiger partial charge in [0.05, 0.1) is 10.6 Å². The number of benzene rings is 1. The number of carbonyl (C=O) groups excluding carboxylic acids is 2. The van der Waals surface area contributed by atoms with E-state index < -0.39 is 0 Å². The van der Waals surface area contributed by atoms with Gasteiger partial charge in [-0.1, -0.05) is 25.4 Å². The summed E-state index contributed by atoms with van der Waals surface area (Å²) in [5.74, 6) is -0.451. The molecule has 0 aliphatic carbocycles. The van der Waals surface area contributed by atoms with Gasteiger partial charge in [0.25, 0.3) is 5.91 Å². The van der Waals surface area contributed by atoms with Crippen molar-refractivity contribution in [2.75, 3.05) is 25.5 Å².